The number of Topliss-reactive ketones (excluding diaryl/α,β-unsaturated/α-hetero) is 1. The molecule has 0 aliphatic carbocycles. The number of ketones is 1. The molecule has 0 aromatic heterocycles. The van der Waals surface area contributed by atoms with Crippen LogP contribution in [0, 0.1) is 5.82 Å². The van der Waals surface area contributed by atoms with Gasteiger partial charge in [0.1, 0.15) is 11.6 Å². The van der Waals surface area contributed by atoms with E-state index in [1.807, 2.05) is 0 Å². The fourth-order valence-electron chi connectivity index (χ4n) is 2.21. The molecule has 5 heteroatoms. The Kier molecular flexibility index (Phi) is 4.65. The van der Waals surface area contributed by atoms with Gasteiger partial charge in [0, 0.05) is 22.8 Å². The smallest absolute Gasteiger partial charge is 0.168 e. The molecule has 2 aromatic rings. The summed E-state index contributed by atoms with van der Waals surface area (Å²) in [6.45, 7) is 1.44. The second-order valence-electron chi connectivity index (χ2n) is 4.66. The van der Waals surface area contributed by atoms with Crippen molar-refractivity contribution in [2.75, 3.05) is 21.3 Å². The van der Waals surface area contributed by atoms with Gasteiger partial charge in [-0.25, -0.2) is 4.39 Å². The fraction of sp³-hybridized carbons (Fsp3) is 0.235. The van der Waals surface area contributed by atoms with Crippen molar-refractivity contribution >= 4 is 5.78 Å². The van der Waals surface area contributed by atoms with Crippen molar-refractivity contribution in [1.82, 2.24) is 0 Å². The zero-order valence-corrected chi connectivity index (χ0v) is 12.9. The number of benzene rings is 2. The monoisotopic (exact) mass is 304 g/mol. The maximum atomic E-state index is 14.3. The van der Waals surface area contributed by atoms with Gasteiger partial charge in [-0.1, -0.05) is 0 Å². The van der Waals surface area contributed by atoms with Gasteiger partial charge in [-0.15, -0.1) is 0 Å². The topological polar surface area (TPSA) is 44.8 Å². The molecule has 0 amide bonds. The van der Waals surface area contributed by atoms with E-state index in [9.17, 15) is 9.18 Å². The number of carbonyl (C=O) groups is 1. The van der Waals surface area contributed by atoms with Crippen LogP contribution in [0.4, 0.5) is 4.39 Å². The summed E-state index contributed by atoms with van der Waals surface area (Å²) in [5.74, 6) is 0.545. The van der Waals surface area contributed by atoms with Crippen molar-refractivity contribution in [2.45, 2.75) is 6.92 Å². The van der Waals surface area contributed by atoms with Gasteiger partial charge >= 0.3 is 0 Å². The van der Waals surface area contributed by atoms with Crippen LogP contribution in [-0.2, 0) is 0 Å². The number of methoxy groups -OCH3 is 3. The molecule has 0 aliphatic heterocycles. The summed E-state index contributed by atoms with van der Waals surface area (Å²) >= 11 is 0. The Morgan fingerprint density at radius 1 is 0.955 bits per heavy atom. The number of hydrogen-bond donors (Lipinski definition) is 0. The molecule has 0 bridgehead atoms. The molecule has 0 heterocycles. The second-order valence-corrected chi connectivity index (χ2v) is 4.66. The van der Waals surface area contributed by atoms with Gasteiger partial charge in [0.2, 0.25) is 0 Å². The largest absolute Gasteiger partial charge is 0.497 e. The summed E-state index contributed by atoms with van der Waals surface area (Å²) in [6, 6.07) is 7.67. The lowest BCUT2D eigenvalue weighted by atomic mass is 9.99. The Morgan fingerprint density at radius 3 is 2.18 bits per heavy atom. The Labute approximate surface area is 128 Å². The predicted octanol–water partition coefficient (Wildman–Crippen LogP) is 3.72. The van der Waals surface area contributed by atoms with Gasteiger partial charge in [-0.05, 0) is 31.2 Å². The van der Waals surface area contributed by atoms with E-state index in [1.165, 1.54) is 34.3 Å². The molecule has 0 radical (unpaired) electrons. The van der Waals surface area contributed by atoms with Crippen molar-refractivity contribution in [1.29, 1.82) is 0 Å². The minimum atomic E-state index is -0.472. The van der Waals surface area contributed by atoms with Crippen LogP contribution < -0.4 is 14.2 Å². The third-order valence-corrected chi connectivity index (χ3v) is 3.35. The first-order valence-electron chi connectivity index (χ1n) is 6.62. The predicted molar refractivity (Wildman–Crippen MR) is 81.5 cm³/mol. The van der Waals surface area contributed by atoms with Gasteiger partial charge in [0.05, 0.1) is 21.3 Å². The number of carbonyl (C=O) groups excluding carboxylic acids is 1. The summed E-state index contributed by atoms with van der Waals surface area (Å²) in [6.07, 6.45) is 0. The van der Waals surface area contributed by atoms with Crippen LogP contribution in [0.2, 0.25) is 0 Å². The minimum absolute atomic E-state index is 0.142. The van der Waals surface area contributed by atoms with E-state index in [0.717, 1.165) is 0 Å². The molecular weight excluding hydrogens is 287 g/mol. The van der Waals surface area contributed by atoms with E-state index in [4.69, 9.17) is 14.2 Å². The molecule has 116 valence electrons. The quantitative estimate of drug-likeness (QED) is 0.790. The third kappa shape index (κ3) is 2.88. The third-order valence-electron chi connectivity index (χ3n) is 3.35. The van der Waals surface area contributed by atoms with Crippen LogP contribution in [-0.4, -0.2) is 27.1 Å². The van der Waals surface area contributed by atoms with Crippen LogP contribution in [0.25, 0.3) is 11.1 Å². The van der Waals surface area contributed by atoms with Crippen LogP contribution >= 0.6 is 0 Å². The van der Waals surface area contributed by atoms with Crippen molar-refractivity contribution in [3.8, 4) is 28.4 Å². The standard InChI is InChI=1S/C17H17FO4/c1-10(19)11-7-14(17(22-4)16(8-11)21-3)13-6-5-12(20-2)9-15(13)18/h5-9H,1-4H3. The average molecular weight is 304 g/mol. The molecule has 0 aliphatic rings. The zero-order valence-electron chi connectivity index (χ0n) is 12.9. The number of rotatable bonds is 5. The SMILES string of the molecule is COc1ccc(-c2cc(C(C)=O)cc(OC)c2OC)c(F)c1. The second kappa shape index (κ2) is 6.47. The van der Waals surface area contributed by atoms with Gasteiger partial charge in [0.15, 0.2) is 17.3 Å². The highest BCUT2D eigenvalue weighted by molar-refractivity contribution is 5.97. The van der Waals surface area contributed by atoms with Crippen LogP contribution in [0.5, 0.6) is 17.2 Å². The highest BCUT2D eigenvalue weighted by atomic mass is 19.1. The molecule has 0 unspecified atom stereocenters. The van der Waals surface area contributed by atoms with Gasteiger partial charge in [-0.3, -0.25) is 4.79 Å². The van der Waals surface area contributed by atoms with Crippen molar-refractivity contribution in [3.05, 3.63) is 41.7 Å². The molecule has 0 N–H and O–H groups in total. The Hall–Kier alpha value is -2.56. The summed E-state index contributed by atoms with van der Waals surface area (Å²) in [5, 5.41) is 0. The van der Waals surface area contributed by atoms with E-state index >= 15 is 0 Å². The molecular formula is C17H17FO4. The van der Waals surface area contributed by atoms with Crippen molar-refractivity contribution < 1.29 is 23.4 Å². The number of ether oxygens (including phenoxy) is 3. The molecule has 0 saturated carbocycles. The highest BCUT2D eigenvalue weighted by Crippen LogP contribution is 2.40. The summed E-state index contributed by atoms with van der Waals surface area (Å²) in [4.78, 5) is 11.7. The van der Waals surface area contributed by atoms with Crippen LogP contribution in [0.3, 0.4) is 0 Å². The molecule has 2 rings (SSSR count). The Bertz CT molecular complexity index is 710. The Morgan fingerprint density at radius 2 is 1.68 bits per heavy atom. The lowest BCUT2D eigenvalue weighted by molar-refractivity contribution is 0.101. The highest BCUT2D eigenvalue weighted by Gasteiger charge is 2.18. The maximum absolute atomic E-state index is 14.3. The average Bonchev–Trinajstić information content (AvgIpc) is 2.53. The van der Waals surface area contributed by atoms with Crippen molar-refractivity contribution in [3.63, 3.8) is 0 Å². The normalized spacial score (nSPS) is 10.2. The van der Waals surface area contributed by atoms with E-state index in [-0.39, 0.29) is 5.78 Å². The first-order chi connectivity index (χ1) is 10.5. The van der Waals surface area contributed by atoms with Crippen LogP contribution in [0.1, 0.15) is 17.3 Å². The van der Waals surface area contributed by atoms with E-state index in [1.54, 1.807) is 24.3 Å². The summed E-state index contributed by atoms with van der Waals surface area (Å²) in [5.41, 5.74) is 1.18. The summed E-state index contributed by atoms with van der Waals surface area (Å²) < 4.78 is 29.9. The molecule has 0 fully saturated rings. The number of hydrogen-bond acceptors (Lipinski definition) is 4. The first kappa shape index (κ1) is 15.8. The molecule has 0 atom stereocenters. The van der Waals surface area contributed by atoms with E-state index < -0.39 is 5.82 Å². The van der Waals surface area contributed by atoms with E-state index in [0.29, 0.717) is 33.9 Å². The molecule has 0 spiro atoms. The molecule has 2 aromatic carbocycles. The first-order valence-corrected chi connectivity index (χ1v) is 6.62. The van der Waals surface area contributed by atoms with Gasteiger partial charge in [0.25, 0.3) is 0 Å². The van der Waals surface area contributed by atoms with Gasteiger partial charge in [-0.2, -0.15) is 0 Å². The molecule has 22 heavy (non-hydrogen) atoms. The Balaban J connectivity index is 2.72. The van der Waals surface area contributed by atoms with Crippen LogP contribution in [0.15, 0.2) is 30.3 Å². The lowest BCUT2D eigenvalue weighted by Crippen LogP contribution is -2.00. The van der Waals surface area contributed by atoms with Crippen molar-refractivity contribution in [2.24, 2.45) is 0 Å². The minimum Gasteiger partial charge on any atom is -0.497 e. The maximum Gasteiger partial charge on any atom is 0.168 e. The summed E-state index contributed by atoms with van der Waals surface area (Å²) in [7, 11) is 4.40. The van der Waals surface area contributed by atoms with E-state index in [2.05, 4.69) is 0 Å². The van der Waals surface area contributed by atoms with Gasteiger partial charge < -0.3 is 14.2 Å². The number of halogens is 1. The zero-order chi connectivity index (χ0) is 16.3. The lowest BCUT2D eigenvalue weighted by Gasteiger charge is -2.15. The molecule has 0 saturated heterocycles. The fourth-order valence-corrected chi connectivity index (χ4v) is 2.21. The molecule has 4 nitrogen and oxygen atoms in total.